The summed E-state index contributed by atoms with van der Waals surface area (Å²) in [5.41, 5.74) is 3.47. The molecule has 3 aromatic carbocycles. The predicted molar refractivity (Wildman–Crippen MR) is 124 cm³/mol. The number of rotatable bonds is 4. The standard InChI is InChI=1S/C23H20FN3O3S2/c1-14-12-20-21(13-15(14)2)31-23(27(20)3)25-22(28)18-6-4-5-7-19(18)26-32(29,30)17-10-8-16(24)9-11-17/h4-13,26H,1-3H3. The van der Waals surface area contributed by atoms with E-state index in [4.69, 9.17) is 0 Å². The lowest BCUT2D eigenvalue weighted by atomic mass is 10.1. The van der Waals surface area contributed by atoms with Gasteiger partial charge in [-0.1, -0.05) is 23.5 Å². The number of nitrogens with one attached hydrogen (secondary N) is 1. The van der Waals surface area contributed by atoms with Crippen LogP contribution in [0.3, 0.4) is 0 Å². The summed E-state index contributed by atoms with van der Waals surface area (Å²) in [6.45, 7) is 4.05. The Balaban J connectivity index is 1.73. The van der Waals surface area contributed by atoms with Crippen molar-refractivity contribution >= 4 is 43.2 Å². The van der Waals surface area contributed by atoms with E-state index in [1.807, 2.05) is 25.5 Å². The maximum Gasteiger partial charge on any atom is 0.281 e. The average molecular weight is 470 g/mol. The molecule has 0 atom stereocenters. The summed E-state index contributed by atoms with van der Waals surface area (Å²) < 4.78 is 43.8. The number of carbonyl (C=O) groups is 1. The number of para-hydroxylation sites is 1. The van der Waals surface area contributed by atoms with Crippen LogP contribution in [-0.2, 0) is 17.1 Å². The summed E-state index contributed by atoms with van der Waals surface area (Å²) >= 11 is 1.39. The van der Waals surface area contributed by atoms with Crippen LogP contribution in [0.5, 0.6) is 0 Å². The van der Waals surface area contributed by atoms with Gasteiger partial charge in [0.05, 0.1) is 26.4 Å². The Morgan fingerprint density at radius 2 is 1.69 bits per heavy atom. The van der Waals surface area contributed by atoms with Crippen molar-refractivity contribution in [3.05, 3.63) is 88.0 Å². The van der Waals surface area contributed by atoms with Crippen LogP contribution in [0, 0.1) is 19.7 Å². The van der Waals surface area contributed by atoms with Crippen molar-refractivity contribution in [1.29, 1.82) is 0 Å². The number of aryl methyl sites for hydroxylation is 3. The van der Waals surface area contributed by atoms with Crippen LogP contribution in [0.1, 0.15) is 21.5 Å². The van der Waals surface area contributed by atoms with E-state index < -0.39 is 21.7 Å². The Morgan fingerprint density at radius 3 is 2.41 bits per heavy atom. The predicted octanol–water partition coefficient (Wildman–Crippen LogP) is 4.54. The maximum atomic E-state index is 13.2. The molecule has 0 aliphatic heterocycles. The molecule has 0 saturated carbocycles. The molecule has 164 valence electrons. The number of aromatic nitrogens is 1. The Labute approximate surface area is 188 Å². The molecule has 1 heterocycles. The van der Waals surface area contributed by atoms with Crippen molar-refractivity contribution in [1.82, 2.24) is 4.57 Å². The molecule has 0 fully saturated rings. The Kier molecular flexibility index (Phi) is 5.70. The molecule has 32 heavy (non-hydrogen) atoms. The van der Waals surface area contributed by atoms with Gasteiger partial charge in [0.2, 0.25) is 0 Å². The fraction of sp³-hybridized carbons (Fsp3) is 0.130. The van der Waals surface area contributed by atoms with Crippen LogP contribution in [0.4, 0.5) is 10.1 Å². The van der Waals surface area contributed by atoms with Gasteiger partial charge in [-0.3, -0.25) is 9.52 Å². The minimum atomic E-state index is -4.01. The van der Waals surface area contributed by atoms with Gasteiger partial charge in [-0.2, -0.15) is 4.99 Å². The molecule has 0 unspecified atom stereocenters. The lowest BCUT2D eigenvalue weighted by molar-refractivity contribution is 0.0999. The van der Waals surface area contributed by atoms with Crippen LogP contribution in [0.2, 0.25) is 0 Å². The van der Waals surface area contributed by atoms with Gasteiger partial charge in [0.25, 0.3) is 15.9 Å². The highest BCUT2D eigenvalue weighted by Gasteiger charge is 2.19. The number of benzene rings is 3. The van der Waals surface area contributed by atoms with Crippen LogP contribution in [-0.4, -0.2) is 18.9 Å². The summed E-state index contributed by atoms with van der Waals surface area (Å²) in [7, 11) is -2.17. The number of nitrogens with zero attached hydrogens (tertiary/aromatic N) is 2. The van der Waals surface area contributed by atoms with Crippen LogP contribution in [0.15, 0.2) is 70.6 Å². The van der Waals surface area contributed by atoms with Gasteiger partial charge in [0, 0.05) is 7.05 Å². The van der Waals surface area contributed by atoms with E-state index in [1.165, 1.54) is 23.5 Å². The highest BCUT2D eigenvalue weighted by atomic mass is 32.2. The maximum absolute atomic E-state index is 13.2. The number of sulfonamides is 1. The van der Waals surface area contributed by atoms with Gasteiger partial charge in [0.1, 0.15) is 5.82 Å². The van der Waals surface area contributed by atoms with Crippen molar-refractivity contribution < 1.29 is 17.6 Å². The summed E-state index contributed by atoms with van der Waals surface area (Å²) in [5.74, 6) is -1.11. The van der Waals surface area contributed by atoms with Crippen molar-refractivity contribution in [3.63, 3.8) is 0 Å². The Bertz CT molecular complexity index is 1520. The van der Waals surface area contributed by atoms with Gasteiger partial charge in [-0.05, 0) is 73.5 Å². The van der Waals surface area contributed by atoms with Crippen molar-refractivity contribution in [2.24, 2.45) is 12.0 Å². The zero-order valence-electron chi connectivity index (χ0n) is 17.6. The molecule has 1 amide bonds. The number of hydrogen-bond acceptors (Lipinski definition) is 4. The summed E-state index contributed by atoms with van der Waals surface area (Å²) in [6, 6.07) is 14.8. The third kappa shape index (κ3) is 4.21. The molecule has 4 aromatic rings. The molecule has 0 spiro atoms. The molecular formula is C23H20FN3O3S2. The molecule has 0 saturated heterocycles. The highest BCUT2D eigenvalue weighted by Crippen LogP contribution is 2.23. The number of halogens is 1. The van der Waals surface area contributed by atoms with Crippen molar-refractivity contribution in [2.45, 2.75) is 18.7 Å². The fourth-order valence-corrected chi connectivity index (χ4v) is 5.39. The number of anilines is 1. The highest BCUT2D eigenvalue weighted by molar-refractivity contribution is 7.92. The average Bonchev–Trinajstić information content (AvgIpc) is 3.03. The summed E-state index contributed by atoms with van der Waals surface area (Å²) in [6.07, 6.45) is 0. The first-order chi connectivity index (χ1) is 15.2. The normalized spacial score (nSPS) is 12.3. The van der Waals surface area contributed by atoms with E-state index in [-0.39, 0.29) is 16.1 Å². The number of fused-ring (bicyclic) bond motifs is 1. The van der Waals surface area contributed by atoms with Gasteiger partial charge in [-0.25, -0.2) is 12.8 Å². The largest absolute Gasteiger partial charge is 0.319 e. The minimum Gasteiger partial charge on any atom is -0.319 e. The van der Waals surface area contributed by atoms with Crippen LogP contribution < -0.4 is 9.52 Å². The molecular weight excluding hydrogens is 449 g/mol. The first-order valence-corrected chi connectivity index (χ1v) is 12.0. The summed E-state index contributed by atoms with van der Waals surface area (Å²) in [4.78, 5) is 17.7. The molecule has 0 bridgehead atoms. The third-order valence-electron chi connectivity index (χ3n) is 5.15. The molecule has 1 aromatic heterocycles. The number of carbonyl (C=O) groups excluding carboxylic acids is 1. The van der Waals surface area contributed by atoms with E-state index in [1.54, 1.807) is 12.1 Å². The molecule has 6 nitrogen and oxygen atoms in total. The van der Waals surface area contributed by atoms with E-state index >= 15 is 0 Å². The second-order valence-electron chi connectivity index (χ2n) is 7.37. The fourth-order valence-electron chi connectivity index (χ4n) is 3.21. The Hall–Kier alpha value is -3.30. The Morgan fingerprint density at radius 1 is 1.03 bits per heavy atom. The number of hydrogen-bond donors (Lipinski definition) is 1. The van der Waals surface area contributed by atoms with E-state index in [0.29, 0.717) is 4.80 Å². The number of amides is 1. The quantitative estimate of drug-likeness (QED) is 0.477. The van der Waals surface area contributed by atoms with Crippen LogP contribution in [0.25, 0.3) is 10.2 Å². The van der Waals surface area contributed by atoms with E-state index in [9.17, 15) is 17.6 Å². The number of thiazole rings is 1. The van der Waals surface area contributed by atoms with Gasteiger partial charge in [0.15, 0.2) is 4.80 Å². The van der Waals surface area contributed by atoms with Gasteiger partial charge < -0.3 is 4.57 Å². The zero-order chi connectivity index (χ0) is 23.0. The molecule has 0 aliphatic rings. The smallest absolute Gasteiger partial charge is 0.281 e. The minimum absolute atomic E-state index is 0.0982. The molecule has 4 rings (SSSR count). The van der Waals surface area contributed by atoms with Crippen LogP contribution >= 0.6 is 11.3 Å². The second-order valence-corrected chi connectivity index (χ2v) is 10.1. The van der Waals surface area contributed by atoms with Gasteiger partial charge in [-0.15, -0.1) is 0 Å². The molecule has 9 heteroatoms. The first-order valence-electron chi connectivity index (χ1n) is 9.69. The zero-order valence-corrected chi connectivity index (χ0v) is 19.2. The first kappa shape index (κ1) is 21.9. The summed E-state index contributed by atoms with van der Waals surface area (Å²) in [5, 5.41) is 0. The van der Waals surface area contributed by atoms with Crippen molar-refractivity contribution in [2.75, 3.05) is 4.72 Å². The second kappa shape index (κ2) is 8.33. The van der Waals surface area contributed by atoms with E-state index in [2.05, 4.69) is 21.8 Å². The molecule has 0 radical (unpaired) electrons. The van der Waals surface area contributed by atoms with Gasteiger partial charge >= 0.3 is 0 Å². The molecule has 1 N–H and O–H groups in total. The lowest BCUT2D eigenvalue weighted by Gasteiger charge is -2.10. The molecule has 0 aliphatic carbocycles. The van der Waals surface area contributed by atoms with E-state index in [0.717, 1.165) is 45.6 Å². The SMILES string of the molecule is Cc1cc2sc(=NC(=O)c3ccccc3NS(=O)(=O)c3ccc(F)cc3)n(C)c2cc1C. The lowest BCUT2D eigenvalue weighted by Crippen LogP contribution is -2.17. The van der Waals surface area contributed by atoms with Crippen molar-refractivity contribution in [3.8, 4) is 0 Å². The monoisotopic (exact) mass is 469 g/mol. The third-order valence-corrected chi connectivity index (χ3v) is 7.62. The topological polar surface area (TPSA) is 80.5 Å².